The van der Waals surface area contributed by atoms with Gasteiger partial charge in [0.05, 0.1) is 25.0 Å². The molecule has 4 heteroatoms. The Labute approximate surface area is 120 Å². The maximum Gasteiger partial charge on any atom is 0.141 e. The van der Waals surface area contributed by atoms with Crippen LogP contribution in [0.3, 0.4) is 0 Å². The minimum atomic E-state index is 0.109. The van der Waals surface area contributed by atoms with Crippen molar-refractivity contribution in [2.75, 3.05) is 12.4 Å². The fourth-order valence-corrected chi connectivity index (χ4v) is 1.92. The Kier molecular flexibility index (Phi) is 4.23. The zero-order valence-electron chi connectivity index (χ0n) is 12.5. The van der Waals surface area contributed by atoms with E-state index >= 15 is 0 Å². The number of nitrogens with zero attached hydrogens (tertiary/aromatic N) is 2. The number of methoxy groups -OCH3 is 1. The van der Waals surface area contributed by atoms with Crippen LogP contribution in [-0.4, -0.2) is 17.1 Å². The zero-order valence-corrected chi connectivity index (χ0v) is 12.5. The van der Waals surface area contributed by atoms with Gasteiger partial charge in [-0.3, -0.25) is 0 Å². The highest BCUT2D eigenvalue weighted by Gasteiger charge is 2.15. The number of hydrogen-bond acceptors (Lipinski definition) is 4. The van der Waals surface area contributed by atoms with Crippen LogP contribution in [0.25, 0.3) is 0 Å². The minimum absolute atomic E-state index is 0.109. The van der Waals surface area contributed by atoms with Crippen molar-refractivity contribution in [1.29, 1.82) is 0 Å². The molecule has 0 fully saturated rings. The highest BCUT2D eigenvalue weighted by atomic mass is 16.5. The van der Waals surface area contributed by atoms with Gasteiger partial charge in [-0.15, -0.1) is 0 Å². The molecule has 0 saturated carbocycles. The summed E-state index contributed by atoms with van der Waals surface area (Å²) in [5.41, 5.74) is 3.31. The average molecular weight is 271 g/mol. The van der Waals surface area contributed by atoms with Crippen LogP contribution in [0.5, 0.6) is 5.75 Å². The Morgan fingerprint density at radius 3 is 2.60 bits per heavy atom. The van der Waals surface area contributed by atoms with E-state index in [0.29, 0.717) is 6.54 Å². The summed E-state index contributed by atoms with van der Waals surface area (Å²) in [6.45, 7) is 7.24. The van der Waals surface area contributed by atoms with E-state index in [-0.39, 0.29) is 5.41 Å². The number of hydrogen-bond donors (Lipinski definition) is 1. The number of ether oxygens (including phenoxy) is 1. The largest absolute Gasteiger partial charge is 0.495 e. The molecule has 0 aliphatic carbocycles. The normalized spacial score (nSPS) is 11.2. The van der Waals surface area contributed by atoms with Crippen LogP contribution < -0.4 is 10.1 Å². The molecule has 0 atom stereocenters. The van der Waals surface area contributed by atoms with Crippen molar-refractivity contribution >= 4 is 5.69 Å². The molecule has 4 nitrogen and oxygen atoms in total. The number of benzene rings is 1. The summed E-state index contributed by atoms with van der Waals surface area (Å²) in [5.74, 6) is 0.840. The first-order valence-corrected chi connectivity index (χ1v) is 6.68. The van der Waals surface area contributed by atoms with Gasteiger partial charge >= 0.3 is 0 Å². The predicted octanol–water partition coefficient (Wildman–Crippen LogP) is 3.39. The summed E-state index contributed by atoms with van der Waals surface area (Å²) in [4.78, 5) is 8.12. The molecular formula is C16H21N3O. The summed E-state index contributed by atoms with van der Waals surface area (Å²) in [6.07, 6.45) is 3.30. The number of anilines is 1. The van der Waals surface area contributed by atoms with Crippen LogP contribution in [0, 0.1) is 0 Å². The van der Waals surface area contributed by atoms with E-state index in [1.165, 1.54) is 5.56 Å². The molecule has 0 spiro atoms. The van der Waals surface area contributed by atoms with Crippen LogP contribution in [0.15, 0.2) is 36.8 Å². The molecule has 0 saturated heterocycles. The number of nitrogens with one attached hydrogen (secondary N) is 1. The third kappa shape index (κ3) is 3.47. The highest BCUT2D eigenvalue weighted by molar-refractivity contribution is 5.59. The summed E-state index contributed by atoms with van der Waals surface area (Å²) in [5, 5.41) is 3.38. The van der Waals surface area contributed by atoms with Crippen LogP contribution in [0.4, 0.5) is 5.69 Å². The lowest BCUT2D eigenvalue weighted by Crippen LogP contribution is -2.12. The van der Waals surface area contributed by atoms with E-state index in [1.807, 2.05) is 12.1 Å². The Bertz CT molecular complexity index is 562. The SMILES string of the molecule is COc1ccc(C(C)(C)C)cc1NCc1ccncn1. The molecule has 0 amide bonds. The van der Waals surface area contributed by atoms with Crippen molar-refractivity contribution in [3.63, 3.8) is 0 Å². The lowest BCUT2D eigenvalue weighted by atomic mass is 9.87. The second-order valence-corrected chi connectivity index (χ2v) is 5.72. The van der Waals surface area contributed by atoms with Gasteiger partial charge in [-0.05, 0) is 29.2 Å². The maximum atomic E-state index is 5.41. The third-order valence-corrected chi connectivity index (χ3v) is 3.17. The molecule has 106 valence electrons. The smallest absolute Gasteiger partial charge is 0.141 e. The van der Waals surface area contributed by atoms with Crippen molar-refractivity contribution in [3.8, 4) is 5.75 Å². The highest BCUT2D eigenvalue weighted by Crippen LogP contribution is 2.31. The van der Waals surface area contributed by atoms with Crippen LogP contribution in [0.2, 0.25) is 0 Å². The van der Waals surface area contributed by atoms with Gasteiger partial charge < -0.3 is 10.1 Å². The lowest BCUT2D eigenvalue weighted by Gasteiger charge is -2.21. The molecule has 0 aliphatic rings. The van der Waals surface area contributed by atoms with E-state index in [1.54, 1.807) is 19.6 Å². The van der Waals surface area contributed by atoms with Crippen molar-refractivity contribution in [3.05, 3.63) is 48.0 Å². The first-order valence-electron chi connectivity index (χ1n) is 6.68. The molecule has 0 radical (unpaired) electrons. The first kappa shape index (κ1) is 14.3. The van der Waals surface area contributed by atoms with Crippen LogP contribution in [-0.2, 0) is 12.0 Å². The zero-order chi connectivity index (χ0) is 14.6. The first-order chi connectivity index (χ1) is 9.50. The molecule has 2 aromatic rings. The maximum absolute atomic E-state index is 5.41. The van der Waals surface area contributed by atoms with Gasteiger partial charge in [-0.1, -0.05) is 26.8 Å². The molecule has 0 aliphatic heterocycles. The van der Waals surface area contributed by atoms with Crippen molar-refractivity contribution < 1.29 is 4.74 Å². The van der Waals surface area contributed by atoms with Gasteiger partial charge in [-0.2, -0.15) is 0 Å². The summed E-state index contributed by atoms with van der Waals surface area (Å²) >= 11 is 0. The lowest BCUT2D eigenvalue weighted by molar-refractivity contribution is 0.416. The van der Waals surface area contributed by atoms with Crippen molar-refractivity contribution in [2.24, 2.45) is 0 Å². The van der Waals surface area contributed by atoms with Gasteiger partial charge in [0.2, 0.25) is 0 Å². The van der Waals surface area contributed by atoms with Crippen molar-refractivity contribution in [2.45, 2.75) is 32.7 Å². The van der Waals surface area contributed by atoms with Gasteiger partial charge in [0, 0.05) is 6.20 Å². The fraction of sp³-hybridized carbons (Fsp3) is 0.375. The molecule has 1 aromatic heterocycles. The second-order valence-electron chi connectivity index (χ2n) is 5.72. The molecular weight excluding hydrogens is 250 g/mol. The molecule has 1 N–H and O–H groups in total. The Balaban J connectivity index is 2.21. The summed E-state index contributed by atoms with van der Waals surface area (Å²) in [7, 11) is 1.68. The van der Waals surface area contributed by atoms with Gasteiger partial charge in [0.15, 0.2) is 0 Å². The molecule has 0 unspecified atom stereocenters. The standard InChI is InChI=1S/C16H21N3O/c1-16(2,3)12-5-6-15(20-4)14(9-12)18-10-13-7-8-17-11-19-13/h5-9,11,18H,10H2,1-4H3. The Morgan fingerprint density at radius 1 is 1.20 bits per heavy atom. The molecule has 2 rings (SSSR count). The fourth-order valence-electron chi connectivity index (χ4n) is 1.92. The third-order valence-electron chi connectivity index (χ3n) is 3.17. The van der Waals surface area contributed by atoms with Crippen LogP contribution in [0.1, 0.15) is 32.0 Å². The van der Waals surface area contributed by atoms with E-state index in [2.05, 4.69) is 48.2 Å². The van der Waals surface area contributed by atoms with E-state index < -0.39 is 0 Å². The van der Waals surface area contributed by atoms with Gasteiger partial charge in [-0.25, -0.2) is 9.97 Å². The number of aromatic nitrogens is 2. The summed E-state index contributed by atoms with van der Waals surface area (Å²) in [6, 6.07) is 8.14. The Hall–Kier alpha value is -2.10. The topological polar surface area (TPSA) is 47.0 Å². The second kappa shape index (κ2) is 5.90. The predicted molar refractivity (Wildman–Crippen MR) is 81.1 cm³/mol. The average Bonchev–Trinajstić information content (AvgIpc) is 2.45. The molecule has 20 heavy (non-hydrogen) atoms. The monoisotopic (exact) mass is 271 g/mol. The van der Waals surface area contributed by atoms with E-state index in [0.717, 1.165) is 17.1 Å². The quantitative estimate of drug-likeness (QED) is 0.926. The van der Waals surface area contributed by atoms with Gasteiger partial charge in [0.25, 0.3) is 0 Å². The summed E-state index contributed by atoms with van der Waals surface area (Å²) < 4.78 is 5.41. The molecule has 1 heterocycles. The molecule has 0 bridgehead atoms. The number of rotatable bonds is 4. The molecule has 1 aromatic carbocycles. The Morgan fingerprint density at radius 2 is 2.00 bits per heavy atom. The van der Waals surface area contributed by atoms with Crippen molar-refractivity contribution in [1.82, 2.24) is 9.97 Å². The van der Waals surface area contributed by atoms with Crippen LogP contribution >= 0.6 is 0 Å². The van der Waals surface area contributed by atoms with Gasteiger partial charge in [0.1, 0.15) is 12.1 Å². The van der Waals surface area contributed by atoms with E-state index in [9.17, 15) is 0 Å². The minimum Gasteiger partial charge on any atom is -0.495 e. The van der Waals surface area contributed by atoms with E-state index in [4.69, 9.17) is 4.74 Å².